The third-order valence-corrected chi connectivity index (χ3v) is 4.29. The number of carbonyl (C=O) groups excluding carboxylic acids is 1. The molecule has 1 amide bonds. The third kappa shape index (κ3) is 5.10. The fourth-order valence-electron chi connectivity index (χ4n) is 2.92. The average Bonchev–Trinajstić information content (AvgIpc) is 2.99. The quantitative estimate of drug-likeness (QED) is 0.637. The molecule has 1 aromatic heterocycles. The molecule has 0 saturated heterocycles. The summed E-state index contributed by atoms with van der Waals surface area (Å²) in [5.74, 6) is -0.367. The first-order valence-electron chi connectivity index (χ1n) is 8.90. The predicted molar refractivity (Wildman–Crippen MR) is 105 cm³/mol. The van der Waals surface area contributed by atoms with E-state index in [-0.39, 0.29) is 17.4 Å². The molecule has 3 aromatic rings. The molecule has 0 spiro atoms. The lowest BCUT2D eigenvalue weighted by Gasteiger charge is -2.12. The standard InChI is InChI=1S/C21H21F2N3O3/c1-13-10-14(2)26(25-13)12-15-4-6-16(7-5-15)20(27)24-17-8-9-18(28-3)19(11-17)29-21(22)23/h4-11,21H,12H2,1-3H3,(H,24,27). The van der Waals surface area contributed by atoms with Gasteiger partial charge in [-0.25, -0.2) is 0 Å². The van der Waals surface area contributed by atoms with E-state index in [0.29, 0.717) is 17.8 Å². The number of methoxy groups -OCH3 is 1. The minimum atomic E-state index is -3.00. The maximum atomic E-state index is 12.5. The van der Waals surface area contributed by atoms with Crippen molar-refractivity contribution in [2.45, 2.75) is 27.0 Å². The van der Waals surface area contributed by atoms with Crippen molar-refractivity contribution in [1.82, 2.24) is 9.78 Å². The zero-order valence-corrected chi connectivity index (χ0v) is 16.3. The van der Waals surface area contributed by atoms with Crippen molar-refractivity contribution >= 4 is 11.6 Å². The molecule has 0 atom stereocenters. The summed E-state index contributed by atoms with van der Waals surface area (Å²) in [5.41, 5.74) is 3.77. The molecule has 0 radical (unpaired) electrons. The molecule has 152 valence electrons. The van der Waals surface area contributed by atoms with Gasteiger partial charge in [0.05, 0.1) is 19.3 Å². The lowest BCUT2D eigenvalue weighted by molar-refractivity contribution is -0.0511. The number of amides is 1. The predicted octanol–water partition coefficient (Wildman–Crippen LogP) is 4.41. The number of carbonyl (C=O) groups is 1. The number of rotatable bonds is 7. The van der Waals surface area contributed by atoms with E-state index in [9.17, 15) is 13.6 Å². The summed E-state index contributed by atoms with van der Waals surface area (Å²) in [6.45, 7) is 1.54. The minimum Gasteiger partial charge on any atom is -0.493 e. The van der Waals surface area contributed by atoms with E-state index in [1.165, 1.54) is 19.2 Å². The molecule has 2 aromatic carbocycles. The van der Waals surface area contributed by atoms with Crippen LogP contribution in [-0.2, 0) is 6.54 Å². The van der Waals surface area contributed by atoms with E-state index in [0.717, 1.165) is 17.0 Å². The third-order valence-electron chi connectivity index (χ3n) is 4.29. The van der Waals surface area contributed by atoms with Crippen LogP contribution in [0.25, 0.3) is 0 Å². The van der Waals surface area contributed by atoms with Gasteiger partial charge in [-0.05, 0) is 49.7 Å². The first-order valence-corrected chi connectivity index (χ1v) is 8.90. The van der Waals surface area contributed by atoms with E-state index in [4.69, 9.17) is 4.74 Å². The van der Waals surface area contributed by atoms with Crippen molar-refractivity contribution in [2.75, 3.05) is 12.4 Å². The summed E-state index contributed by atoms with van der Waals surface area (Å²) < 4.78 is 36.4. The van der Waals surface area contributed by atoms with E-state index >= 15 is 0 Å². The van der Waals surface area contributed by atoms with Crippen LogP contribution >= 0.6 is 0 Å². The zero-order chi connectivity index (χ0) is 21.0. The molecule has 0 aliphatic rings. The Kier molecular flexibility index (Phi) is 6.11. The molecule has 0 aliphatic carbocycles. The van der Waals surface area contributed by atoms with Crippen molar-refractivity contribution < 1.29 is 23.0 Å². The minimum absolute atomic E-state index is 0.150. The highest BCUT2D eigenvalue weighted by atomic mass is 19.3. The Balaban J connectivity index is 1.70. The number of nitrogens with zero attached hydrogens (tertiary/aromatic N) is 2. The summed E-state index contributed by atoms with van der Waals surface area (Å²) in [6.07, 6.45) is 0. The lowest BCUT2D eigenvalue weighted by atomic mass is 10.1. The normalized spacial score (nSPS) is 10.8. The van der Waals surface area contributed by atoms with Crippen molar-refractivity contribution in [3.05, 3.63) is 71.0 Å². The average molecular weight is 401 g/mol. The number of hydrogen-bond acceptors (Lipinski definition) is 4. The van der Waals surface area contributed by atoms with E-state index in [2.05, 4.69) is 15.2 Å². The number of halogens is 2. The smallest absolute Gasteiger partial charge is 0.387 e. The van der Waals surface area contributed by atoms with Crippen molar-refractivity contribution in [3.8, 4) is 11.5 Å². The second-order valence-electron chi connectivity index (χ2n) is 6.48. The highest BCUT2D eigenvalue weighted by Gasteiger charge is 2.13. The molecule has 0 unspecified atom stereocenters. The highest BCUT2D eigenvalue weighted by Crippen LogP contribution is 2.31. The van der Waals surface area contributed by atoms with Crippen LogP contribution in [0.15, 0.2) is 48.5 Å². The number of nitrogens with one attached hydrogen (secondary N) is 1. The Labute approximate surface area is 167 Å². The Bertz CT molecular complexity index is 1000. The van der Waals surface area contributed by atoms with Crippen LogP contribution in [0.2, 0.25) is 0 Å². The first kappa shape index (κ1) is 20.3. The molecule has 1 N–H and O–H groups in total. The Hall–Kier alpha value is -3.42. The molecular weight excluding hydrogens is 380 g/mol. The van der Waals surface area contributed by atoms with Gasteiger partial charge in [0.25, 0.3) is 5.91 Å². The molecule has 0 bridgehead atoms. The largest absolute Gasteiger partial charge is 0.493 e. The van der Waals surface area contributed by atoms with Gasteiger partial charge in [-0.2, -0.15) is 13.9 Å². The molecule has 3 rings (SSSR count). The number of benzene rings is 2. The van der Waals surface area contributed by atoms with Crippen LogP contribution in [-0.4, -0.2) is 29.4 Å². The topological polar surface area (TPSA) is 65.4 Å². The lowest BCUT2D eigenvalue weighted by Crippen LogP contribution is -2.12. The number of anilines is 1. The van der Waals surface area contributed by atoms with Crippen molar-refractivity contribution in [1.29, 1.82) is 0 Å². The van der Waals surface area contributed by atoms with Crippen LogP contribution in [0.5, 0.6) is 11.5 Å². The van der Waals surface area contributed by atoms with Crippen molar-refractivity contribution in [3.63, 3.8) is 0 Å². The van der Waals surface area contributed by atoms with Gasteiger partial charge in [-0.1, -0.05) is 12.1 Å². The number of hydrogen-bond donors (Lipinski definition) is 1. The van der Waals surface area contributed by atoms with Gasteiger partial charge in [0.2, 0.25) is 0 Å². The van der Waals surface area contributed by atoms with Gasteiger partial charge in [0.15, 0.2) is 11.5 Å². The molecule has 0 saturated carbocycles. The molecule has 8 heteroatoms. The SMILES string of the molecule is COc1ccc(NC(=O)c2ccc(Cn3nc(C)cc3C)cc2)cc1OC(F)F. The summed E-state index contributed by atoms with van der Waals surface area (Å²) in [4.78, 5) is 12.5. The fourth-order valence-corrected chi connectivity index (χ4v) is 2.92. The fraction of sp³-hybridized carbons (Fsp3) is 0.238. The van der Waals surface area contributed by atoms with Gasteiger partial charge in [0.1, 0.15) is 0 Å². The van der Waals surface area contributed by atoms with E-state index in [1.54, 1.807) is 18.2 Å². The maximum Gasteiger partial charge on any atom is 0.387 e. The molecule has 6 nitrogen and oxygen atoms in total. The van der Waals surface area contributed by atoms with Crippen LogP contribution in [0.3, 0.4) is 0 Å². The van der Waals surface area contributed by atoms with Crippen LogP contribution < -0.4 is 14.8 Å². The molecule has 0 aliphatic heterocycles. The Morgan fingerprint density at radius 2 is 1.83 bits per heavy atom. The van der Waals surface area contributed by atoms with Crippen LogP contribution in [0.1, 0.15) is 27.3 Å². The maximum absolute atomic E-state index is 12.5. The number of ether oxygens (including phenoxy) is 2. The molecule has 29 heavy (non-hydrogen) atoms. The molecule has 0 fully saturated rings. The number of alkyl halides is 2. The Morgan fingerprint density at radius 1 is 1.10 bits per heavy atom. The summed E-state index contributed by atoms with van der Waals surface area (Å²) in [5, 5.41) is 7.09. The van der Waals surface area contributed by atoms with Crippen LogP contribution in [0, 0.1) is 13.8 Å². The molecule has 1 heterocycles. The number of aromatic nitrogens is 2. The highest BCUT2D eigenvalue weighted by molar-refractivity contribution is 6.04. The Morgan fingerprint density at radius 3 is 2.41 bits per heavy atom. The summed E-state index contributed by atoms with van der Waals surface area (Å²) in [7, 11) is 1.35. The van der Waals surface area contributed by atoms with Gasteiger partial charge >= 0.3 is 6.61 Å². The molecular formula is C21H21F2N3O3. The second-order valence-corrected chi connectivity index (χ2v) is 6.48. The van der Waals surface area contributed by atoms with Gasteiger partial charge < -0.3 is 14.8 Å². The first-order chi connectivity index (χ1) is 13.9. The van der Waals surface area contributed by atoms with Crippen molar-refractivity contribution in [2.24, 2.45) is 0 Å². The van der Waals surface area contributed by atoms with Gasteiger partial charge in [-0.3, -0.25) is 9.48 Å². The van der Waals surface area contributed by atoms with E-state index in [1.807, 2.05) is 36.7 Å². The van der Waals surface area contributed by atoms with Gasteiger partial charge in [0, 0.05) is 23.0 Å². The van der Waals surface area contributed by atoms with Gasteiger partial charge in [-0.15, -0.1) is 0 Å². The van der Waals surface area contributed by atoms with E-state index < -0.39 is 6.61 Å². The van der Waals surface area contributed by atoms with Crippen LogP contribution in [0.4, 0.5) is 14.5 Å². The monoisotopic (exact) mass is 401 g/mol. The summed E-state index contributed by atoms with van der Waals surface area (Å²) in [6, 6.07) is 13.4. The summed E-state index contributed by atoms with van der Waals surface area (Å²) >= 11 is 0. The number of aryl methyl sites for hydroxylation is 2. The zero-order valence-electron chi connectivity index (χ0n) is 16.3. The second kappa shape index (κ2) is 8.72.